The molecule has 0 spiro atoms. The predicted molar refractivity (Wildman–Crippen MR) is 28.5 cm³/mol. The zero-order valence-corrected chi connectivity index (χ0v) is 5.14. The molecule has 0 saturated heterocycles. The van der Waals surface area contributed by atoms with E-state index < -0.39 is 11.9 Å². The highest BCUT2D eigenvalue weighted by atomic mass is 19.1. The Labute approximate surface area is 55.7 Å². The van der Waals surface area contributed by atoms with Crippen molar-refractivity contribution in [2.75, 3.05) is 7.11 Å². The third kappa shape index (κ3) is 1.18. The molecule has 3 nitrogen and oxygen atoms in total. The first kappa shape index (κ1) is 6.85. The SMILES string of the molecule is COc1nc(F)ncc1F. The zero-order chi connectivity index (χ0) is 7.56. The van der Waals surface area contributed by atoms with Crippen LogP contribution >= 0.6 is 0 Å². The Morgan fingerprint density at radius 3 is 2.70 bits per heavy atom. The van der Waals surface area contributed by atoms with Crippen LogP contribution in [0.5, 0.6) is 5.88 Å². The molecule has 1 aromatic heterocycles. The lowest BCUT2D eigenvalue weighted by Crippen LogP contribution is -1.96. The van der Waals surface area contributed by atoms with E-state index in [0.717, 1.165) is 0 Å². The molecule has 1 rings (SSSR count). The summed E-state index contributed by atoms with van der Waals surface area (Å²) in [4.78, 5) is 5.97. The predicted octanol–water partition coefficient (Wildman–Crippen LogP) is 0.763. The van der Waals surface area contributed by atoms with Crippen LogP contribution in [0.25, 0.3) is 0 Å². The first-order valence-corrected chi connectivity index (χ1v) is 2.46. The largest absolute Gasteiger partial charge is 0.479 e. The van der Waals surface area contributed by atoms with Crippen molar-refractivity contribution in [3.8, 4) is 5.88 Å². The van der Waals surface area contributed by atoms with E-state index in [1.165, 1.54) is 7.11 Å². The number of aromatic nitrogens is 2. The topological polar surface area (TPSA) is 35.0 Å². The van der Waals surface area contributed by atoms with E-state index in [0.29, 0.717) is 6.20 Å². The summed E-state index contributed by atoms with van der Waals surface area (Å²) in [6.07, 6.45) is -0.292. The fourth-order valence-corrected chi connectivity index (χ4v) is 0.474. The number of rotatable bonds is 1. The van der Waals surface area contributed by atoms with E-state index in [-0.39, 0.29) is 5.88 Å². The van der Waals surface area contributed by atoms with E-state index in [1.807, 2.05) is 0 Å². The van der Waals surface area contributed by atoms with Crippen molar-refractivity contribution in [3.63, 3.8) is 0 Å². The molecule has 54 valence electrons. The van der Waals surface area contributed by atoms with E-state index in [1.54, 1.807) is 0 Å². The molecule has 0 aliphatic carbocycles. The fourth-order valence-electron chi connectivity index (χ4n) is 0.474. The van der Waals surface area contributed by atoms with E-state index in [4.69, 9.17) is 0 Å². The maximum atomic E-state index is 12.4. The second kappa shape index (κ2) is 2.55. The molecule has 0 amide bonds. The van der Waals surface area contributed by atoms with Crippen molar-refractivity contribution in [1.82, 2.24) is 9.97 Å². The van der Waals surface area contributed by atoms with Gasteiger partial charge in [-0.1, -0.05) is 0 Å². The van der Waals surface area contributed by atoms with Crippen molar-refractivity contribution in [3.05, 3.63) is 18.1 Å². The minimum atomic E-state index is -1.00. The van der Waals surface area contributed by atoms with Gasteiger partial charge in [0.25, 0.3) is 5.88 Å². The smallest absolute Gasteiger partial charge is 0.312 e. The molecule has 0 unspecified atom stereocenters. The molecule has 0 saturated carbocycles. The second-order valence-corrected chi connectivity index (χ2v) is 1.50. The van der Waals surface area contributed by atoms with Crippen molar-refractivity contribution >= 4 is 0 Å². The van der Waals surface area contributed by atoms with Gasteiger partial charge < -0.3 is 4.74 Å². The van der Waals surface area contributed by atoms with Gasteiger partial charge in [-0.05, 0) is 0 Å². The van der Waals surface area contributed by atoms with Crippen LogP contribution in [0.3, 0.4) is 0 Å². The van der Waals surface area contributed by atoms with Gasteiger partial charge in [0.1, 0.15) is 0 Å². The van der Waals surface area contributed by atoms with Crippen LogP contribution in [0, 0.1) is 11.9 Å². The second-order valence-electron chi connectivity index (χ2n) is 1.50. The van der Waals surface area contributed by atoms with Gasteiger partial charge in [0.05, 0.1) is 13.3 Å². The van der Waals surface area contributed by atoms with Crippen molar-refractivity contribution in [2.45, 2.75) is 0 Å². The van der Waals surface area contributed by atoms with Crippen LogP contribution in [-0.4, -0.2) is 17.1 Å². The molecular formula is C5H4F2N2O. The van der Waals surface area contributed by atoms with Crippen molar-refractivity contribution in [1.29, 1.82) is 0 Å². The lowest BCUT2D eigenvalue weighted by Gasteiger charge is -1.96. The first-order chi connectivity index (χ1) is 4.74. The third-order valence-electron chi connectivity index (χ3n) is 0.876. The van der Waals surface area contributed by atoms with Crippen LogP contribution in [0.2, 0.25) is 0 Å². The summed E-state index contributed by atoms with van der Waals surface area (Å²) in [6, 6.07) is 0. The summed E-state index contributed by atoms with van der Waals surface area (Å²) in [5.41, 5.74) is 0. The van der Waals surface area contributed by atoms with Crippen LogP contribution in [-0.2, 0) is 0 Å². The lowest BCUT2D eigenvalue weighted by molar-refractivity contribution is 0.352. The van der Waals surface area contributed by atoms with Gasteiger partial charge in [0, 0.05) is 0 Å². The van der Waals surface area contributed by atoms with Crippen LogP contribution in [0.15, 0.2) is 6.20 Å². The molecule has 0 aliphatic heterocycles. The molecule has 0 aromatic carbocycles. The molecule has 10 heavy (non-hydrogen) atoms. The van der Waals surface area contributed by atoms with Gasteiger partial charge in [-0.2, -0.15) is 13.8 Å². The number of hydrogen-bond acceptors (Lipinski definition) is 3. The minimum Gasteiger partial charge on any atom is -0.479 e. The molecule has 0 radical (unpaired) electrons. The Hall–Kier alpha value is -1.26. The lowest BCUT2D eigenvalue weighted by atomic mass is 10.6. The molecule has 0 aliphatic rings. The van der Waals surface area contributed by atoms with Crippen LogP contribution in [0.4, 0.5) is 8.78 Å². The molecule has 0 N–H and O–H groups in total. The Kier molecular flexibility index (Phi) is 1.75. The Balaban J connectivity index is 3.09. The maximum absolute atomic E-state index is 12.4. The van der Waals surface area contributed by atoms with Gasteiger partial charge in [0.15, 0.2) is 0 Å². The molecule has 0 bridgehead atoms. The third-order valence-corrected chi connectivity index (χ3v) is 0.876. The van der Waals surface area contributed by atoms with Gasteiger partial charge in [-0.25, -0.2) is 4.98 Å². The Morgan fingerprint density at radius 1 is 1.50 bits per heavy atom. The molecule has 5 heteroatoms. The quantitative estimate of drug-likeness (QED) is 0.548. The summed E-state index contributed by atoms with van der Waals surface area (Å²) >= 11 is 0. The van der Waals surface area contributed by atoms with Gasteiger partial charge in [-0.3, -0.25) is 0 Å². The first-order valence-electron chi connectivity index (χ1n) is 2.46. The van der Waals surface area contributed by atoms with E-state index in [2.05, 4.69) is 14.7 Å². The molecular weight excluding hydrogens is 142 g/mol. The normalized spacial score (nSPS) is 9.50. The average Bonchev–Trinajstić information content (AvgIpc) is 1.94. The molecule has 1 aromatic rings. The minimum absolute atomic E-state index is 0.382. The summed E-state index contributed by atoms with van der Waals surface area (Å²) < 4.78 is 28.8. The maximum Gasteiger partial charge on any atom is 0.312 e. The van der Waals surface area contributed by atoms with Gasteiger partial charge >= 0.3 is 6.08 Å². The number of nitrogens with zero attached hydrogens (tertiary/aromatic N) is 2. The highest BCUT2D eigenvalue weighted by molar-refractivity contribution is 5.08. The fraction of sp³-hybridized carbons (Fsp3) is 0.200. The number of methoxy groups -OCH3 is 1. The number of ether oxygens (including phenoxy) is 1. The van der Waals surface area contributed by atoms with Crippen LogP contribution in [0.1, 0.15) is 0 Å². The van der Waals surface area contributed by atoms with Crippen LogP contribution < -0.4 is 4.74 Å². The highest BCUT2D eigenvalue weighted by Crippen LogP contribution is 2.09. The van der Waals surface area contributed by atoms with Crippen molar-refractivity contribution < 1.29 is 13.5 Å². The zero-order valence-electron chi connectivity index (χ0n) is 5.14. The Bertz CT molecular complexity index is 241. The Morgan fingerprint density at radius 2 is 2.20 bits per heavy atom. The number of halogens is 2. The molecule has 0 fully saturated rings. The molecule has 1 heterocycles. The summed E-state index contributed by atoms with van der Waals surface area (Å²) in [6.45, 7) is 0. The summed E-state index contributed by atoms with van der Waals surface area (Å²) in [7, 11) is 1.20. The van der Waals surface area contributed by atoms with Crippen molar-refractivity contribution in [2.24, 2.45) is 0 Å². The molecule has 0 atom stereocenters. The summed E-state index contributed by atoms with van der Waals surface area (Å²) in [5, 5.41) is 0. The van der Waals surface area contributed by atoms with Gasteiger partial charge in [-0.15, -0.1) is 0 Å². The van der Waals surface area contributed by atoms with Gasteiger partial charge in [0.2, 0.25) is 5.82 Å². The highest BCUT2D eigenvalue weighted by Gasteiger charge is 2.04. The van der Waals surface area contributed by atoms with E-state index in [9.17, 15) is 8.78 Å². The summed E-state index contributed by atoms with van der Waals surface area (Å²) in [5.74, 6) is -1.16. The average molecular weight is 146 g/mol. The van der Waals surface area contributed by atoms with E-state index >= 15 is 0 Å². The standard InChI is InChI=1S/C5H4F2N2O/c1-10-4-3(6)2-8-5(7)9-4/h2H,1H3. The monoisotopic (exact) mass is 146 g/mol. The number of hydrogen-bond donors (Lipinski definition) is 0.